The predicted molar refractivity (Wildman–Crippen MR) is 63.2 cm³/mol. The Labute approximate surface area is 100 Å². The molecule has 1 saturated carbocycles. The van der Waals surface area contributed by atoms with E-state index in [1.54, 1.807) is 6.07 Å². The minimum absolute atomic E-state index is 0.228. The van der Waals surface area contributed by atoms with E-state index in [2.05, 4.69) is 0 Å². The molecule has 0 amide bonds. The Bertz CT molecular complexity index is 389. The normalized spacial score (nSPS) is 18.3. The van der Waals surface area contributed by atoms with Gasteiger partial charge in [-0.15, -0.1) is 0 Å². The van der Waals surface area contributed by atoms with Crippen molar-refractivity contribution < 1.29 is 14.2 Å². The van der Waals surface area contributed by atoms with E-state index in [9.17, 15) is 9.50 Å². The Balaban J connectivity index is 2.03. The van der Waals surface area contributed by atoms with Gasteiger partial charge < -0.3 is 15.6 Å². The lowest BCUT2D eigenvalue weighted by Crippen LogP contribution is -2.32. The molecule has 2 rings (SSSR count). The monoisotopic (exact) mass is 239 g/mol. The van der Waals surface area contributed by atoms with Gasteiger partial charge in [0.05, 0.1) is 5.60 Å². The molecule has 3 N–H and O–H groups in total. The predicted octanol–water partition coefficient (Wildman–Crippen LogP) is 1.97. The van der Waals surface area contributed by atoms with E-state index < -0.39 is 5.60 Å². The first kappa shape index (κ1) is 12.3. The van der Waals surface area contributed by atoms with Gasteiger partial charge >= 0.3 is 0 Å². The molecule has 0 saturated heterocycles. The summed E-state index contributed by atoms with van der Waals surface area (Å²) in [6.07, 6.45) is 3.61. The molecule has 1 aliphatic carbocycles. The summed E-state index contributed by atoms with van der Waals surface area (Å²) >= 11 is 0. The molecular formula is C13H18FNO2. The number of benzene rings is 1. The molecule has 1 aromatic carbocycles. The van der Waals surface area contributed by atoms with Crippen molar-refractivity contribution in [2.75, 3.05) is 6.61 Å². The molecule has 1 aliphatic rings. The van der Waals surface area contributed by atoms with E-state index in [4.69, 9.17) is 10.5 Å². The van der Waals surface area contributed by atoms with Crippen LogP contribution in [0.25, 0.3) is 0 Å². The van der Waals surface area contributed by atoms with Crippen molar-refractivity contribution in [3.05, 3.63) is 29.6 Å². The quantitative estimate of drug-likeness (QED) is 0.844. The highest BCUT2D eigenvalue weighted by atomic mass is 19.1. The molecular weight excluding hydrogens is 221 g/mol. The Kier molecular flexibility index (Phi) is 3.64. The maximum Gasteiger partial charge on any atom is 0.124 e. The van der Waals surface area contributed by atoms with Gasteiger partial charge in [-0.05, 0) is 31.0 Å². The molecule has 17 heavy (non-hydrogen) atoms. The molecule has 0 spiro atoms. The number of hydrogen-bond donors (Lipinski definition) is 2. The van der Waals surface area contributed by atoms with Crippen LogP contribution >= 0.6 is 0 Å². The zero-order chi connectivity index (χ0) is 12.3. The number of rotatable bonds is 4. The molecule has 0 aliphatic heterocycles. The minimum Gasteiger partial charge on any atom is -0.490 e. The van der Waals surface area contributed by atoms with Crippen LogP contribution in [0.1, 0.15) is 31.2 Å². The number of nitrogens with two attached hydrogens (primary N) is 1. The highest BCUT2D eigenvalue weighted by Crippen LogP contribution is 2.30. The standard InChI is InChI=1S/C13H18FNO2/c14-11-3-4-12(10(7-11)8-15)17-9-13(16)5-1-2-6-13/h3-4,7,16H,1-2,5-6,8-9,15H2. The number of halogens is 1. The van der Waals surface area contributed by atoms with Crippen LogP contribution in [0, 0.1) is 5.82 Å². The van der Waals surface area contributed by atoms with Crippen LogP contribution in [0.4, 0.5) is 4.39 Å². The molecule has 0 atom stereocenters. The summed E-state index contributed by atoms with van der Waals surface area (Å²) in [5.74, 6) is 0.242. The number of aliphatic hydroxyl groups is 1. The summed E-state index contributed by atoms with van der Waals surface area (Å²) in [4.78, 5) is 0. The lowest BCUT2D eigenvalue weighted by Gasteiger charge is -2.23. The highest BCUT2D eigenvalue weighted by Gasteiger charge is 2.32. The maximum atomic E-state index is 13.0. The van der Waals surface area contributed by atoms with Crippen LogP contribution in [-0.4, -0.2) is 17.3 Å². The maximum absolute atomic E-state index is 13.0. The second kappa shape index (κ2) is 5.02. The second-order valence-electron chi connectivity index (χ2n) is 4.68. The van der Waals surface area contributed by atoms with Crippen molar-refractivity contribution in [2.24, 2.45) is 5.73 Å². The van der Waals surface area contributed by atoms with Crippen molar-refractivity contribution in [1.29, 1.82) is 0 Å². The Morgan fingerprint density at radius 2 is 2.06 bits per heavy atom. The van der Waals surface area contributed by atoms with Gasteiger partial charge in [0.15, 0.2) is 0 Å². The number of ether oxygens (including phenoxy) is 1. The van der Waals surface area contributed by atoms with Crippen LogP contribution in [-0.2, 0) is 6.54 Å². The first-order valence-corrected chi connectivity index (χ1v) is 5.97. The number of hydrogen-bond acceptors (Lipinski definition) is 3. The topological polar surface area (TPSA) is 55.5 Å². The van der Waals surface area contributed by atoms with E-state index in [1.165, 1.54) is 12.1 Å². The fraction of sp³-hybridized carbons (Fsp3) is 0.538. The van der Waals surface area contributed by atoms with Crippen LogP contribution in [0.2, 0.25) is 0 Å². The highest BCUT2D eigenvalue weighted by molar-refractivity contribution is 5.33. The van der Waals surface area contributed by atoms with E-state index in [-0.39, 0.29) is 19.0 Å². The fourth-order valence-electron chi connectivity index (χ4n) is 2.24. The lowest BCUT2D eigenvalue weighted by molar-refractivity contribution is 0.00113. The van der Waals surface area contributed by atoms with Crippen LogP contribution in [0.3, 0.4) is 0 Å². The Morgan fingerprint density at radius 3 is 2.71 bits per heavy atom. The van der Waals surface area contributed by atoms with Gasteiger partial charge in [0, 0.05) is 12.1 Å². The molecule has 0 radical (unpaired) electrons. The lowest BCUT2D eigenvalue weighted by atomic mass is 10.0. The smallest absolute Gasteiger partial charge is 0.124 e. The SMILES string of the molecule is NCc1cc(F)ccc1OCC1(O)CCCC1. The molecule has 0 bridgehead atoms. The van der Waals surface area contributed by atoms with Crippen molar-refractivity contribution in [3.8, 4) is 5.75 Å². The molecule has 1 fully saturated rings. The Morgan fingerprint density at radius 1 is 1.35 bits per heavy atom. The fourth-order valence-corrected chi connectivity index (χ4v) is 2.24. The van der Waals surface area contributed by atoms with Crippen molar-refractivity contribution >= 4 is 0 Å². The zero-order valence-electron chi connectivity index (χ0n) is 9.79. The van der Waals surface area contributed by atoms with Crippen LogP contribution < -0.4 is 10.5 Å². The van der Waals surface area contributed by atoms with Crippen LogP contribution in [0.15, 0.2) is 18.2 Å². The molecule has 0 aromatic heterocycles. The molecule has 1 aromatic rings. The van der Waals surface area contributed by atoms with E-state index in [0.717, 1.165) is 25.7 Å². The molecule has 3 nitrogen and oxygen atoms in total. The van der Waals surface area contributed by atoms with Crippen molar-refractivity contribution in [2.45, 2.75) is 37.8 Å². The van der Waals surface area contributed by atoms with E-state index in [1.807, 2.05) is 0 Å². The average molecular weight is 239 g/mol. The summed E-state index contributed by atoms with van der Waals surface area (Å²) in [5, 5.41) is 10.1. The Hall–Kier alpha value is -1.13. The van der Waals surface area contributed by atoms with Crippen LogP contribution in [0.5, 0.6) is 5.75 Å². The third-order valence-corrected chi connectivity index (χ3v) is 3.27. The molecule has 94 valence electrons. The molecule has 4 heteroatoms. The third-order valence-electron chi connectivity index (χ3n) is 3.27. The first-order chi connectivity index (χ1) is 8.13. The van der Waals surface area contributed by atoms with Gasteiger partial charge in [0.1, 0.15) is 18.2 Å². The van der Waals surface area contributed by atoms with E-state index in [0.29, 0.717) is 11.3 Å². The van der Waals surface area contributed by atoms with Gasteiger partial charge in [-0.25, -0.2) is 4.39 Å². The summed E-state index contributed by atoms with van der Waals surface area (Å²) in [6, 6.07) is 4.27. The minimum atomic E-state index is -0.722. The summed E-state index contributed by atoms with van der Waals surface area (Å²) in [6.45, 7) is 0.483. The van der Waals surface area contributed by atoms with E-state index >= 15 is 0 Å². The molecule has 0 unspecified atom stereocenters. The third kappa shape index (κ3) is 2.96. The van der Waals surface area contributed by atoms with Crippen molar-refractivity contribution in [3.63, 3.8) is 0 Å². The molecule has 0 heterocycles. The average Bonchev–Trinajstić information content (AvgIpc) is 2.75. The first-order valence-electron chi connectivity index (χ1n) is 5.97. The summed E-state index contributed by atoms with van der Waals surface area (Å²) in [5.41, 5.74) is 5.44. The van der Waals surface area contributed by atoms with Gasteiger partial charge in [-0.3, -0.25) is 0 Å². The van der Waals surface area contributed by atoms with Gasteiger partial charge in [0.25, 0.3) is 0 Å². The van der Waals surface area contributed by atoms with Gasteiger partial charge in [-0.1, -0.05) is 12.8 Å². The van der Waals surface area contributed by atoms with Gasteiger partial charge in [0.2, 0.25) is 0 Å². The zero-order valence-corrected chi connectivity index (χ0v) is 9.79. The van der Waals surface area contributed by atoms with Crippen molar-refractivity contribution in [1.82, 2.24) is 0 Å². The summed E-state index contributed by atoms with van der Waals surface area (Å²) in [7, 11) is 0. The second-order valence-corrected chi connectivity index (χ2v) is 4.68. The largest absolute Gasteiger partial charge is 0.490 e. The summed E-state index contributed by atoms with van der Waals surface area (Å²) < 4.78 is 18.6. The van der Waals surface area contributed by atoms with Gasteiger partial charge in [-0.2, -0.15) is 0 Å².